The van der Waals surface area contributed by atoms with Crippen LogP contribution in [-0.4, -0.2) is 25.6 Å². The first-order valence-corrected chi connectivity index (χ1v) is 6.76. The number of ether oxygens (including phenoxy) is 2. The van der Waals surface area contributed by atoms with E-state index < -0.39 is 11.9 Å². The number of esters is 1. The number of anilines is 1. The number of amides is 1. The molecule has 2 aromatic carbocycles. The van der Waals surface area contributed by atoms with E-state index in [-0.39, 0.29) is 6.61 Å². The normalized spacial score (nSPS) is 9.91. The van der Waals surface area contributed by atoms with Crippen molar-refractivity contribution in [2.45, 2.75) is 6.92 Å². The fraction of sp³-hybridized carbons (Fsp3) is 0.176. The van der Waals surface area contributed by atoms with Gasteiger partial charge in [-0.3, -0.25) is 4.79 Å². The third-order valence-electron chi connectivity index (χ3n) is 3.00. The van der Waals surface area contributed by atoms with Gasteiger partial charge in [0.25, 0.3) is 5.91 Å². The average Bonchev–Trinajstić information content (AvgIpc) is 2.54. The van der Waals surface area contributed by atoms with Gasteiger partial charge in [-0.1, -0.05) is 17.7 Å². The van der Waals surface area contributed by atoms with Gasteiger partial charge in [0.1, 0.15) is 5.75 Å². The molecule has 1 N–H and O–H groups in total. The van der Waals surface area contributed by atoms with Gasteiger partial charge in [0.2, 0.25) is 0 Å². The Morgan fingerprint density at radius 1 is 1.00 bits per heavy atom. The summed E-state index contributed by atoms with van der Waals surface area (Å²) in [7, 11) is 1.57. The van der Waals surface area contributed by atoms with Crippen molar-refractivity contribution in [1.29, 1.82) is 0 Å². The SMILES string of the molecule is COc1ccc(NC(=O)COC(=O)c2ccc(C)cc2)cc1. The van der Waals surface area contributed by atoms with E-state index in [0.29, 0.717) is 17.0 Å². The molecule has 2 aromatic rings. The van der Waals surface area contributed by atoms with Crippen LogP contribution in [-0.2, 0) is 9.53 Å². The Hall–Kier alpha value is -2.82. The van der Waals surface area contributed by atoms with Gasteiger partial charge in [-0.25, -0.2) is 4.79 Å². The maximum atomic E-state index is 11.8. The minimum atomic E-state index is -0.523. The molecule has 0 spiro atoms. The van der Waals surface area contributed by atoms with E-state index in [4.69, 9.17) is 9.47 Å². The molecule has 0 aliphatic carbocycles. The molecular formula is C17H17NO4. The van der Waals surface area contributed by atoms with Crippen molar-refractivity contribution in [1.82, 2.24) is 0 Å². The monoisotopic (exact) mass is 299 g/mol. The minimum absolute atomic E-state index is 0.335. The van der Waals surface area contributed by atoms with Crippen LogP contribution in [0.2, 0.25) is 0 Å². The highest BCUT2D eigenvalue weighted by Gasteiger charge is 2.10. The lowest BCUT2D eigenvalue weighted by molar-refractivity contribution is -0.119. The van der Waals surface area contributed by atoms with Crippen molar-refractivity contribution in [3.63, 3.8) is 0 Å². The number of hydrogen-bond acceptors (Lipinski definition) is 4. The Labute approximate surface area is 128 Å². The van der Waals surface area contributed by atoms with Crippen LogP contribution in [0, 0.1) is 6.92 Å². The fourth-order valence-electron chi connectivity index (χ4n) is 1.78. The van der Waals surface area contributed by atoms with Gasteiger partial charge in [-0.05, 0) is 43.3 Å². The molecule has 0 atom stereocenters. The molecule has 0 aliphatic heterocycles. The largest absolute Gasteiger partial charge is 0.497 e. The molecule has 1 amide bonds. The van der Waals surface area contributed by atoms with E-state index in [1.165, 1.54) is 0 Å². The van der Waals surface area contributed by atoms with Crippen LogP contribution < -0.4 is 10.1 Å². The maximum Gasteiger partial charge on any atom is 0.338 e. The predicted molar refractivity (Wildman–Crippen MR) is 83.1 cm³/mol. The molecular weight excluding hydrogens is 282 g/mol. The number of carbonyl (C=O) groups excluding carboxylic acids is 2. The van der Waals surface area contributed by atoms with Crippen LogP contribution in [0.3, 0.4) is 0 Å². The zero-order valence-electron chi connectivity index (χ0n) is 12.5. The Morgan fingerprint density at radius 2 is 1.64 bits per heavy atom. The molecule has 0 saturated heterocycles. The van der Waals surface area contributed by atoms with Crippen LogP contribution in [0.5, 0.6) is 5.75 Å². The number of hydrogen-bond donors (Lipinski definition) is 1. The summed E-state index contributed by atoms with van der Waals surface area (Å²) in [4.78, 5) is 23.5. The third-order valence-corrected chi connectivity index (χ3v) is 3.00. The van der Waals surface area contributed by atoms with Gasteiger partial charge in [0.15, 0.2) is 6.61 Å². The number of methoxy groups -OCH3 is 1. The first kappa shape index (κ1) is 15.6. The van der Waals surface area contributed by atoms with Gasteiger partial charge < -0.3 is 14.8 Å². The fourth-order valence-corrected chi connectivity index (χ4v) is 1.78. The Bertz CT molecular complexity index is 647. The highest BCUT2D eigenvalue weighted by molar-refractivity contribution is 5.95. The van der Waals surface area contributed by atoms with Crippen LogP contribution in [0.1, 0.15) is 15.9 Å². The second-order valence-corrected chi connectivity index (χ2v) is 4.72. The third kappa shape index (κ3) is 4.34. The smallest absolute Gasteiger partial charge is 0.338 e. The van der Waals surface area contributed by atoms with Crippen LogP contribution in [0.25, 0.3) is 0 Å². The summed E-state index contributed by atoms with van der Waals surface area (Å²) in [6.45, 7) is 1.59. The van der Waals surface area contributed by atoms with Gasteiger partial charge in [-0.15, -0.1) is 0 Å². The summed E-state index contributed by atoms with van der Waals surface area (Å²) < 4.78 is 10.00. The van der Waals surface area contributed by atoms with Crippen molar-refractivity contribution >= 4 is 17.6 Å². The lowest BCUT2D eigenvalue weighted by atomic mass is 10.1. The molecule has 0 aromatic heterocycles. The van der Waals surface area contributed by atoms with E-state index in [9.17, 15) is 9.59 Å². The lowest BCUT2D eigenvalue weighted by Crippen LogP contribution is -2.20. The van der Waals surface area contributed by atoms with Gasteiger partial charge >= 0.3 is 5.97 Å². The summed E-state index contributed by atoms with van der Waals surface area (Å²) in [5, 5.41) is 2.64. The van der Waals surface area contributed by atoms with Crippen molar-refractivity contribution in [2.24, 2.45) is 0 Å². The zero-order valence-corrected chi connectivity index (χ0v) is 12.5. The highest BCUT2D eigenvalue weighted by Crippen LogP contribution is 2.14. The van der Waals surface area contributed by atoms with E-state index in [0.717, 1.165) is 5.56 Å². The van der Waals surface area contributed by atoms with Crippen LogP contribution in [0.4, 0.5) is 5.69 Å². The topological polar surface area (TPSA) is 64.6 Å². The van der Waals surface area contributed by atoms with Gasteiger partial charge in [-0.2, -0.15) is 0 Å². The second-order valence-electron chi connectivity index (χ2n) is 4.72. The Kier molecular flexibility index (Phi) is 5.14. The molecule has 0 bridgehead atoms. The number of nitrogens with one attached hydrogen (secondary N) is 1. The summed E-state index contributed by atoms with van der Waals surface area (Å²) in [5.74, 6) is -0.223. The van der Waals surface area contributed by atoms with Crippen LogP contribution >= 0.6 is 0 Å². The first-order valence-electron chi connectivity index (χ1n) is 6.76. The second kappa shape index (κ2) is 7.26. The van der Waals surface area contributed by atoms with E-state index >= 15 is 0 Å². The molecule has 0 aliphatic rings. The number of rotatable bonds is 5. The molecule has 5 nitrogen and oxygen atoms in total. The van der Waals surface area contributed by atoms with Gasteiger partial charge in [0, 0.05) is 5.69 Å². The Balaban J connectivity index is 1.84. The molecule has 0 fully saturated rings. The quantitative estimate of drug-likeness (QED) is 0.862. The highest BCUT2D eigenvalue weighted by atomic mass is 16.5. The van der Waals surface area contributed by atoms with Crippen molar-refractivity contribution in [3.8, 4) is 5.75 Å². The molecule has 0 unspecified atom stereocenters. The molecule has 2 rings (SSSR count). The summed E-state index contributed by atoms with van der Waals surface area (Å²) in [6.07, 6.45) is 0. The summed E-state index contributed by atoms with van der Waals surface area (Å²) in [5.41, 5.74) is 2.08. The zero-order chi connectivity index (χ0) is 15.9. The Morgan fingerprint density at radius 3 is 2.23 bits per heavy atom. The summed E-state index contributed by atoms with van der Waals surface area (Å²) >= 11 is 0. The van der Waals surface area contributed by atoms with E-state index in [1.807, 2.05) is 19.1 Å². The van der Waals surface area contributed by atoms with E-state index in [2.05, 4.69) is 5.32 Å². The van der Waals surface area contributed by atoms with E-state index in [1.54, 1.807) is 43.5 Å². The summed E-state index contributed by atoms with van der Waals surface area (Å²) in [6, 6.07) is 13.8. The average molecular weight is 299 g/mol. The molecule has 0 saturated carbocycles. The maximum absolute atomic E-state index is 11.8. The molecule has 0 radical (unpaired) electrons. The first-order chi connectivity index (χ1) is 10.6. The molecule has 0 heterocycles. The number of benzene rings is 2. The van der Waals surface area contributed by atoms with Crippen LogP contribution in [0.15, 0.2) is 48.5 Å². The lowest BCUT2D eigenvalue weighted by Gasteiger charge is -2.07. The minimum Gasteiger partial charge on any atom is -0.497 e. The number of carbonyl (C=O) groups is 2. The van der Waals surface area contributed by atoms with Gasteiger partial charge in [0.05, 0.1) is 12.7 Å². The van der Waals surface area contributed by atoms with Crippen molar-refractivity contribution in [3.05, 3.63) is 59.7 Å². The number of aryl methyl sites for hydroxylation is 1. The van der Waals surface area contributed by atoms with Crippen molar-refractivity contribution < 1.29 is 19.1 Å². The standard InChI is InChI=1S/C17H17NO4/c1-12-3-5-13(6-4-12)17(20)22-11-16(19)18-14-7-9-15(21-2)10-8-14/h3-10H,11H2,1-2H3,(H,18,19). The molecule has 22 heavy (non-hydrogen) atoms. The molecule has 114 valence electrons. The predicted octanol–water partition coefficient (Wildman–Crippen LogP) is 2.80. The van der Waals surface area contributed by atoms with Crippen molar-refractivity contribution in [2.75, 3.05) is 19.0 Å². The molecule has 5 heteroatoms.